The zero-order chi connectivity index (χ0) is 25.1. The smallest absolute Gasteiger partial charge is 0.337 e. The third-order valence-corrected chi connectivity index (χ3v) is 6.12. The molecule has 0 saturated heterocycles. The van der Waals surface area contributed by atoms with Crippen LogP contribution in [0, 0.1) is 0 Å². The summed E-state index contributed by atoms with van der Waals surface area (Å²) in [6.07, 6.45) is 1.63. The van der Waals surface area contributed by atoms with Gasteiger partial charge in [-0.2, -0.15) is 0 Å². The molecule has 0 bridgehead atoms. The van der Waals surface area contributed by atoms with Crippen molar-refractivity contribution in [2.24, 2.45) is 0 Å². The van der Waals surface area contributed by atoms with Crippen LogP contribution in [0.2, 0.25) is 0 Å². The third-order valence-electron chi connectivity index (χ3n) is 6.12. The molecule has 0 unspecified atom stereocenters. The van der Waals surface area contributed by atoms with Gasteiger partial charge in [-0.25, -0.2) is 9.78 Å². The number of hydrogen-bond donors (Lipinski definition) is 1. The van der Waals surface area contributed by atoms with Gasteiger partial charge >= 0.3 is 5.97 Å². The molecule has 0 fully saturated rings. The first kappa shape index (κ1) is 23.1. The Bertz CT molecular complexity index is 1520. The van der Waals surface area contributed by atoms with Gasteiger partial charge in [0, 0.05) is 16.5 Å². The Morgan fingerprint density at radius 1 is 1.00 bits per heavy atom. The predicted molar refractivity (Wildman–Crippen MR) is 137 cm³/mol. The molecule has 0 aliphatic heterocycles. The van der Waals surface area contributed by atoms with Crippen molar-refractivity contribution in [3.63, 3.8) is 0 Å². The van der Waals surface area contributed by atoms with E-state index in [9.17, 15) is 9.59 Å². The molecule has 7 nitrogen and oxygen atoms in total. The Kier molecular flexibility index (Phi) is 6.36. The van der Waals surface area contributed by atoms with Crippen LogP contribution in [-0.4, -0.2) is 28.5 Å². The highest BCUT2D eigenvalue weighted by Crippen LogP contribution is 2.24. The van der Waals surface area contributed by atoms with Crippen LogP contribution >= 0.6 is 0 Å². The molecule has 3 aromatic carbocycles. The number of aromatic nitrogens is 2. The van der Waals surface area contributed by atoms with Crippen LogP contribution in [0.3, 0.4) is 0 Å². The molecule has 1 atom stereocenters. The maximum Gasteiger partial charge on any atom is 0.337 e. The van der Waals surface area contributed by atoms with Gasteiger partial charge < -0.3 is 19.0 Å². The first-order valence-corrected chi connectivity index (χ1v) is 11.6. The van der Waals surface area contributed by atoms with Crippen LogP contribution in [0.25, 0.3) is 22.4 Å². The lowest BCUT2D eigenvalue weighted by atomic mass is 10.1. The molecule has 1 N–H and O–H groups in total. The molecule has 0 aliphatic rings. The van der Waals surface area contributed by atoms with Gasteiger partial charge in [-0.1, -0.05) is 48.5 Å². The van der Waals surface area contributed by atoms with Crippen LogP contribution in [0.15, 0.2) is 95.6 Å². The highest BCUT2D eigenvalue weighted by Gasteiger charge is 2.19. The van der Waals surface area contributed by atoms with Crippen molar-refractivity contribution in [3.05, 3.63) is 114 Å². The van der Waals surface area contributed by atoms with Crippen LogP contribution in [0.4, 0.5) is 0 Å². The van der Waals surface area contributed by atoms with E-state index in [-0.39, 0.29) is 11.9 Å². The Hall–Kier alpha value is -4.65. The summed E-state index contributed by atoms with van der Waals surface area (Å²) in [5, 5.41) is 4.04. The molecule has 5 aromatic rings. The number of methoxy groups -OCH3 is 1. The SMILES string of the molecule is COC(=O)c1ccc([C@H](C)NC(=O)c2cc3ccccc3n2Cc2coc(-c3ccccc3)n2)cc1. The average Bonchev–Trinajstić information content (AvgIpc) is 3.54. The van der Waals surface area contributed by atoms with Crippen molar-refractivity contribution in [2.45, 2.75) is 19.5 Å². The number of carbonyl (C=O) groups is 2. The number of carbonyl (C=O) groups excluding carboxylic acids is 2. The van der Waals surface area contributed by atoms with Gasteiger partial charge in [-0.3, -0.25) is 4.79 Å². The van der Waals surface area contributed by atoms with Gasteiger partial charge in [0.25, 0.3) is 5.91 Å². The molecule has 0 radical (unpaired) electrons. The zero-order valence-electron chi connectivity index (χ0n) is 20.0. The topological polar surface area (TPSA) is 86.4 Å². The summed E-state index contributed by atoms with van der Waals surface area (Å²) < 4.78 is 12.4. The second-order valence-electron chi connectivity index (χ2n) is 8.49. The molecule has 7 heteroatoms. The minimum Gasteiger partial charge on any atom is -0.465 e. The van der Waals surface area contributed by atoms with Crippen molar-refractivity contribution in [1.29, 1.82) is 0 Å². The first-order valence-electron chi connectivity index (χ1n) is 11.6. The van der Waals surface area contributed by atoms with Crippen LogP contribution in [0.1, 0.15) is 45.1 Å². The Balaban J connectivity index is 1.40. The van der Waals surface area contributed by atoms with Gasteiger partial charge in [-0.05, 0) is 48.9 Å². The monoisotopic (exact) mass is 479 g/mol. The lowest BCUT2D eigenvalue weighted by Crippen LogP contribution is -2.28. The van der Waals surface area contributed by atoms with Gasteiger partial charge in [-0.15, -0.1) is 0 Å². The molecular formula is C29H25N3O4. The van der Waals surface area contributed by atoms with E-state index in [0.29, 0.717) is 23.7 Å². The molecule has 0 saturated carbocycles. The molecule has 0 spiro atoms. The van der Waals surface area contributed by atoms with Crippen LogP contribution < -0.4 is 5.32 Å². The summed E-state index contributed by atoms with van der Waals surface area (Å²) in [6, 6.07) is 26.2. The van der Waals surface area contributed by atoms with E-state index >= 15 is 0 Å². The fourth-order valence-corrected chi connectivity index (χ4v) is 4.20. The second-order valence-corrected chi connectivity index (χ2v) is 8.49. The van der Waals surface area contributed by atoms with E-state index in [1.807, 2.05) is 84.3 Å². The fraction of sp³-hybridized carbons (Fsp3) is 0.138. The largest absolute Gasteiger partial charge is 0.465 e. The first-order chi connectivity index (χ1) is 17.5. The number of esters is 1. The number of nitrogens with zero attached hydrogens (tertiary/aromatic N) is 2. The zero-order valence-corrected chi connectivity index (χ0v) is 20.0. The molecule has 5 rings (SSSR count). The molecular weight excluding hydrogens is 454 g/mol. The Labute approximate surface area is 208 Å². The lowest BCUT2D eigenvalue weighted by molar-refractivity contribution is 0.0600. The molecule has 2 heterocycles. The maximum absolute atomic E-state index is 13.4. The number of ether oxygens (including phenoxy) is 1. The van der Waals surface area contributed by atoms with Crippen molar-refractivity contribution in [3.8, 4) is 11.5 Å². The maximum atomic E-state index is 13.4. The standard InChI is InChI=1S/C29H25N3O4/c1-19(20-12-14-22(15-13-20)29(34)35-2)30-27(33)26-16-23-10-6-7-11-25(23)32(26)17-24-18-36-28(31-24)21-8-4-3-5-9-21/h3-16,18-19H,17H2,1-2H3,(H,30,33)/t19-/m0/s1. The fourth-order valence-electron chi connectivity index (χ4n) is 4.20. The number of benzene rings is 3. The van der Waals surface area contributed by atoms with Gasteiger partial charge in [0.15, 0.2) is 0 Å². The number of hydrogen-bond acceptors (Lipinski definition) is 5. The Morgan fingerprint density at radius 3 is 2.47 bits per heavy atom. The summed E-state index contributed by atoms with van der Waals surface area (Å²) in [5.74, 6) is -0.0642. The van der Waals surface area contributed by atoms with Crippen LogP contribution in [-0.2, 0) is 11.3 Å². The summed E-state index contributed by atoms with van der Waals surface area (Å²) in [7, 11) is 1.35. The molecule has 1 amide bonds. The van der Waals surface area contributed by atoms with Crippen molar-refractivity contribution in [1.82, 2.24) is 14.9 Å². The van der Waals surface area contributed by atoms with E-state index in [1.54, 1.807) is 18.4 Å². The normalized spacial score (nSPS) is 11.8. The number of para-hydroxylation sites is 1. The minimum absolute atomic E-state index is 0.206. The number of amides is 1. The summed E-state index contributed by atoms with van der Waals surface area (Å²) >= 11 is 0. The molecule has 0 aliphatic carbocycles. The molecule has 36 heavy (non-hydrogen) atoms. The van der Waals surface area contributed by atoms with E-state index < -0.39 is 5.97 Å². The average molecular weight is 480 g/mol. The van der Waals surface area contributed by atoms with Gasteiger partial charge in [0.1, 0.15) is 12.0 Å². The van der Waals surface area contributed by atoms with E-state index in [2.05, 4.69) is 10.3 Å². The summed E-state index contributed by atoms with van der Waals surface area (Å²) in [6.45, 7) is 2.29. The number of nitrogens with one attached hydrogen (secondary N) is 1. The highest BCUT2D eigenvalue weighted by molar-refractivity contribution is 5.99. The van der Waals surface area contributed by atoms with E-state index in [4.69, 9.17) is 9.15 Å². The van der Waals surface area contributed by atoms with Gasteiger partial charge in [0.05, 0.1) is 31.0 Å². The molecule has 2 aromatic heterocycles. The summed E-state index contributed by atoms with van der Waals surface area (Å²) in [5.41, 5.74) is 4.41. The van der Waals surface area contributed by atoms with Crippen molar-refractivity contribution < 1.29 is 18.7 Å². The van der Waals surface area contributed by atoms with Gasteiger partial charge in [0.2, 0.25) is 5.89 Å². The third kappa shape index (κ3) is 4.63. The van der Waals surface area contributed by atoms with Crippen LogP contribution in [0.5, 0.6) is 0 Å². The van der Waals surface area contributed by atoms with E-state index in [1.165, 1.54) is 7.11 Å². The second kappa shape index (κ2) is 9.92. The lowest BCUT2D eigenvalue weighted by Gasteiger charge is -2.16. The minimum atomic E-state index is -0.397. The predicted octanol–water partition coefficient (Wildman–Crippen LogP) is 5.62. The van der Waals surface area contributed by atoms with Crippen molar-refractivity contribution in [2.75, 3.05) is 7.11 Å². The highest BCUT2D eigenvalue weighted by atomic mass is 16.5. The summed E-state index contributed by atoms with van der Waals surface area (Å²) in [4.78, 5) is 29.8. The number of rotatable bonds is 7. The number of oxazole rings is 1. The Morgan fingerprint density at radius 2 is 1.72 bits per heavy atom. The molecule has 180 valence electrons. The van der Waals surface area contributed by atoms with Crippen molar-refractivity contribution >= 4 is 22.8 Å². The van der Waals surface area contributed by atoms with E-state index in [0.717, 1.165) is 27.7 Å². The quantitative estimate of drug-likeness (QED) is 0.306. The number of fused-ring (bicyclic) bond motifs is 1.